The lowest BCUT2D eigenvalue weighted by atomic mass is 9.88. The Kier molecular flexibility index (Phi) is 11.0. The fraction of sp³-hybridized carbons (Fsp3) is 0.650. The number of guanidine groups is 1. The van der Waals surface area contributed by atoms with Crippen molar-refractivity contribution in [3.05, 3.63) is 29.3 Å². The zero-order chi connectivity index (χ0) is 19.0. The molecule has 154 valence electrons. The number of aliphatic imine (C=N–C) groups is 1. The summed E-state index contributed by atoms with van der Waals surface area (Å²) in [7, 11) is 4.32. The van der Waals surface area contributed by atoms with E-state index in [2.05, 4.69) is 67.9 Å². The van der Waals surface area contributed by atoms with Crippen LogP contribution in [0.2, 0.25) is 0 Å². The summed E-state index contributed by atoms with van der Waals surface area (Å²) in [5, 5.41) is 6.95. The molecular formula is C20H35IN4OS. The van der Waals surface area contributed by atoms with Crippen LogP contribution in [0.3, 0.4) is 0 Å². The molecule has 5 nitrogen and oxygen atoms in total. The molecule has 2 rings (SSSR count). The highest BCUT2D eigenvalue weighted by atomic mass is 127. The minimum atomic E-state index is 0. The van der Waals surface area contributed by atoms with Crippen molar-refractivity contribution in [2.45, 2.75) is 43.7 Å². The van der Waals surface area contributed by atoms with E-state index in [1.54, 1.807) is 11.8 Å². The third kappa shape index (κ3) is 7.11. The summed E-state index contributed by atoms with van der Waals surface area (Å²) in [5.41, 5.74) is 2.69. The number of thioether (sulfide) groups is 1. The minimum Gasteiger partial charge on any atom is -0.381 e. The van der Waals surface area contributed by atoms with Crippen LogP contribution in [-0.2, 0) is 11.3 Å². The Morgan fingerprint density at radius 3 is 2.56 bits per heavy atom. The normalized spacial score (nSPS) is 16.7. The average Bonchev–Trinajstić information content (AvgIpc) is 2.65. The molecule has 1 aliphatic heterocycles. The topological polar surface area (TPSA) is 48.9 Å². The number of likely N-dealkylation sites (N-methyl/N-ethyl adjacent to an activating group) is 1. The largest absolute Gasteiger partial charge is 0.381 e. The number of ether oxygens (including phenoxy) is 1. The molecule has 0 radical (unpaired) electrons. The Hall–Kier alpha value is -0.510. The van der Waals surface area contributed by atoms with Crippen LogP contribution < -0.4 is 10.6 Å². The van der Waals surface area contributed by atoms with Gasteiger partial charge in [-0.15, -0.1) is 35.7 Å². The standard InChI is InChI=1S/C20H34N4OS.HI/c1-6-21-19(22-14-17-8-7-16(2)13-18(17)26-5)23-15-20(24(3)4)9-11-25-12-10-20;/h7-8,13H,6,9-12,14-15H2,1-5H3,(H2,21,22,23);1H. The van der Waals surface area contributed by atoms with E-state index < -0.39 is 0 Å². The van der Waals surface area contributed by atoms with Gasteiger partial charge in [0.15, 0.2) is 5.96 Å². The van der Waals surface area contributed by atoms with E-state index in [4.69, 9.17) is 9.73 Å². The van der Waals surface area contributed by atoms with Crippen LogP contribution in [0.25, 0.3) is 0 Å². The molecule has 1 aromatic rings. The van der Waals surface area contributed by atoms with Gasteiger partial charge in [0.1, 0.15) is 0 Å². The lowest BCUT2D eigenvalue weighted by Crippen LogP contribution is -2.57. The van der Waals surface area contributed by atoms with Crippen molar-refractivity contribution in [1.82, 2.24) is 15.5 Å². The van der Waals surface area contributed by atoms with E-state index in [0.29, 0.717) is 6.54 Å². The first-order valence-corrected chi connectivity index (χ1v) is 10.6. The number of benzene rings is 1. The lowest BCUT2D eigenvalue weighted by Gasteiger charge is -2.43. The molecule has 1 fully saturated rings. The van der Waals surface area contributed by atoms with Gasteiger partial charge in [0.25, 0.3) is 0 Å². The summed E-state index contributed by atoms with van der Waals surface area (Å²) in [4.78, 5) is 8.46. The molecule has 0 aromatic heterocycles. The maximum Gasteiger partial charge on any atom is 0.191 e. The molecule has 2 N–H and O–H groups in total. The first-order valence-electron chi connectivity index (χ1n) is 9.41. The zero-order valence-electron chi connectivity index (χ0n) is 17.3. The molecule has 1 aliphatic rings. The van der Waals surface area contributed by atoms with Crippen molar-refractivity contribution in [2.24, 2.45) is 4.99 Å². The van der Waals surface area contributed by atoms with Crippen LogP contribution in [-0.4, -0.2) is 63.1 Å². The van der Waals surface area contributed by atoms with Crippen LogP contribution in [0.5, 0.6) is 0 Å². The van der Waals surface area contributed by atoms with Gasteiger partial charge in [-0.3, -0.25) is 0 Å². The molecule has 1 heterocycles. The van der Waals surface area contributed by atoms with Gasteiger partial charge < -0.3 is 20.3 Å². The van der Waals surface area contributed by atoms with Crippen molar-refractivity contribution in [3.8, 4) is 0 Å². The molecule has 0 atom stereocenters. The first kappa shape index (κ1) is 24.5. The van der Waals surface area contributed by atoms with Crippen LogP contribution >= 0.6 is 35.7 Å². The van der Waals surface area contributed by atoms with Gasteiger partial charge >= 0.3 is 0 Å². The molecule has 27 heavy (non-hydrogen) atoms. The van der Waals surface area contributed by atoms with E-state index in [9.17, 15) is 0 Å². The van der Waals surface area contributed by atoms with E-state index in [1.807, 2.05) is 0 Å². The average molecular weight is 506 g/mol. The van der Waals surface area contributed by atoms with Crippen LogP contribution in [0.1, 0.15) is 30.9 Å². The zero-order valence-corrected chi connectivity index (χ0v) is 20.4. The molecular weight excluding hydrogens is 471 g/mol. The second-order valence-corrected chi connectivity index (χ2v) is 7.94. The molecule has 0 bridgehead atoms. The number of nitrogens with one attached hydrogen (secondary N) is 2. The summed E-state index contributed by atoms with van der Waals surface area (Å²) >= 11 is 1.78. The van der Waals surface area contributed by atoms with Gasteiger partial charge in [-0.05, 0) is 64.2 Å². The second-order valence-electron chi connectivity index (χ2n) is 7.10. The molecule has 0 aliphatic carbocycles. The van der Waals surface area contributed by atoms with Crippen LogP contribution in [0.4, 0.5) is 0 Å². The number of hydrogen-bond donors (Lipinski definition) is 2. The summed E-state index contributed by atoms with van der Waals surface area (Å²) in [6, 6.07) is 6.58. The van der Waals surface area contributed by atoms with E-state index in [0.717, 1.165) is 45.1 Å². The monoisotopic (exact) mass is 506 g/mol. The molecule has 0 saturated carbocycles. The summed E-state index contributed by atoms with van der Waals surface area (Å²) in [5.74, 6) is 0.882. The van der Waals surface area contributed by atoms with Crippen molar-refractivity contribution in [2.75, 3.05) is 46.7 Å². The predicted octanol–water partition coefficient (Wildman–Crippen LogP) is 3.50. The molecule has 0 unspecified atom stereocenters. The van der Waals surface area contributed by atoms with Gasteiger partial charge in [0.05, 0.1) is 6.54 Å². The van der Waals surface area contributed by atoms with Crippen LogP contribution in [0, 0.1) is 6.92 Å². The van der Waals surface area contributed by atoms with Crippen molar-refractivity contribution < 1.29 is 4.74 Å². The second kappa shape index (κ2) is 12.1. The van der Waals surface area contributed by atoms with Gasteiger partial charge in [-0.2, -0.15) is 0 Å². The van der Waals surface area contributed by atoms with Crippen LogP contribution in [0.15, 0.2) is 28.1 Å². The summed E-state index contributed by atoms with van der Waals surface area (Å²) in [6.07, 6.45) is 4.21. The smallest absolute Gasteiger partial charge is 0.191 e. The fourth-order valence-electron chi connectivity index (χ4n) is 3.27. The summed E-state index contributed by atoms with van der Waals surface area (Å²) < 4.78 is 5.57. The number of aryl methyl sites for hydroxylation is 1. The third-order valence-corrected chi connectivity index (χ3v) is 5.97. The Morgan fingerprint density at radius 1 is 1.26 bits per heavy atom. The van der Waals surface area contributed by atoms with Gasteiger partial charge in [-0.25, -0.2) is 4.99 Å². The molecule has 0 amide bonds. The van der Waals surface area contributed by atoms with Gasteiger partial charge in [0.2, 0.25) is 0 Å². The number of hydrogen-bond acceptors (Lipinski definition) is 4. The van der Waals surface area contributed by atoms with E-state index in [-0.39, 0.29) is 29.5 Å². The Balaban J connectivity index is 0.00000364. The highest BCUT2D eigenvalue weighted by Crippen LogP contribution is 2.25. The van der Waals surface area contributed by atoms with Crippen molar-refractivity contribution >= 4 is 41.7 Å². The Morgan fingerprint density at radius 2 is 1.96 bits per heavy atom. The van der Waals surface area contributed by atoms with Gasteiger partial charge in [-0.1, -0.05) is 12.1 Å². The van der Waals surface area contributed by atoms with Crippen molar-refractivity contribution in [1.29, 1.82) is 0 Å². The van der Waals surface area contributed by atoms with Gasteiger partial charge in [0, 0.05) is 36.7 Å². The molecule has 1 aromatic carbocycles. The Bertz CT molecular complexity index is 604. The maximum absolute atomic E-state index is 5.57. The maximum atomic E-state index is 5.57. The SMILES string of the molecule is CCNC(=NCc1ccc(C)cc1SC)NCC1(N(C)C)CCOCC1.I. The highest BCUT2D eigenvalue weighted by molar-refractivity contribution is 14.0. The predicted molar refractivity (Wildman–Crippen MR) is 128 cm³/mol. The third-order valence-electron chi connectivity index (χ3n) is 5.15. The number of rotatable bonds is 7. The molecule has 0 spiro atoms. The Labute approximate surface area is 186 Å². The molecule has 1 saturated heterocycles. The lowest BCUT2D eigenvalue weighted by molar-refractivity contribution is -0.00501. The van der Waals surface area contributed by atoms with E-state index in [1.165, 1.54) is 16.0 Å². The first-order chi connectivity index (χ1) is 12.5. The molecule has 7 heteroatoms. The fourth-order valence-corrected chi connectivity index (χ4v) is 3.97. The highest BCUT2D eigenvalue weighted by Gasteiger charge is 2.34. The van der Waals surface area contributed by atoms with Crippen molar-refractivity contribution in [3.63, 3.8) is 0 Å². The quantitative estimate of drug-likeness (QED) is 0.257. The number of halogens is 1. The van der Waals surface area contributed by atoms with E-state index >= 15 is 0 Å². The minimum absolute atomic E-state index is 0. The summed E-state index contributed by atoms with van der Waals surface area (Å²) in [6.45, 7) is 8.30. The number of nitrogens with zero attached hydrogens (tertiary/aromatic N) is 2.